The molecule has 0 atom stereocenters. The van der Waals surface area contributed by atoms with Gasteiger partial charge in [0, 0.05) is 5.56 Å². The molecule has 0 bridgehead atoms. The van der Waals surface area contributed by atoms with Crippen LogP contribution in [0.3, 0.4) is 0 Å². The average Bonchev–Trinajstić information content (AvgIpc) is 2.36. The van der Waals surface area contributed by atoms with E-state index in [1.165, 1.54) is 19.2 Å². The van der Waals surface area contributed by atoms with Crippen molar-refractivity contribution in [3.63, 3.8) is 0 Å². The van der Waals surface area contributed by atoms with E-state index in [-0.39, 0.29) is 24.3 Å². The molecule has 0 saturated heterocycles. The maximum atomic E-state index is 11.6. The van der Waals surface area contributed by atoms with Crippen molar-refractivity contribution in [1.29, 1.82) is 5.26 Å². The average molecular weight is 235 g/mol. The van der Waals surface area contributed by atoms with Gasteiger partial charge in [0.2, 0.25) is 0 Å². The highest BCUT2D eigenvalue weighted by atomic mass is 16.5. The van der Waals surface area contributed by atoms with E-state index in [1.54, 1.807) is 6.92 Å². The number of esters is 1. The second-order valence-corrected chi connectivity index (χ2v) is 3.16. The van der Waals surface area contributed by atoms with Crippen molar-refractivity contribution in [3.8, 4) is 11.8 Å². The number of ether oxygens (including phenoxy) is 2. The molecule has 1 aromatic carbocycles. The van der Waals surface area contributed by atoms with Crippen LogP contribution in [0.25, 0.3) is 0 Å². The number of aliphatic hydroxyl groups is 1. The van der Waals surface area contributed by atoms with Crippen LogP contribution < -0.4 is 4.74 Å². The van der Waals surface area contributed by atoms with E-state index < -0.39 is 5.97 Å². The highest BCUT2D eigenvalue weighted by molar-refractivity contribution is 5.93. The van der Waals surface area contributed by atoms with Gasteiger partial charge in [-0.3, -0.25) is 0 Å². The van der Waals surface area contributed by atoms with E-state index in [0.717, 1.165) is 0 Å². The maximum Gasteiger partial charge on any atom is 0.339 e. The molecule has 0 aromatic heterocycles. The molecule has 0 fully saturated rings. The van der Waals surface area contributed by atoms with E-state index in [4.69, 9.17) is 14.7 Å². The summed E-state index contributed by atoms with van der Waals surface area (Å²) < 4.78 is 9.84. The summed E-state index contributed by atoms with van der Waals surface area (Å²) >= 11 is 0. The normalized spacial score (nSPS) is 9.53. The summed E-state index contributed by atoms with van der Waals surface area (Å²) in [5.74, 6) is -0.210. The van der Waals surface area contributed by atoms with Crippen LogP contribution in [0.4, 0.5) is 0 Å². The van der Waals surface area contributed by atoms with Crippen molar-refractivity contribution in [2.75, 3.05) is 13.7 Å². The van der Waals surface area contributed by atoms with Gasteiger partial charge < -0.3 is 14.6 Å². The summed E-state index contributed by atoms with van der Waals surface area (Å²) in [7, 11) is 1.43. The number of rotatable bonds is 4. The zero-order chi connectivity index (χ0) is 12.8. The lowest BCUT2D eigenvalue weighted by Gasteiger charge is -2.11. The predicted molar refractivity (Wildman–Crippen MR) is 59.6 cm³/mol. The molecule has 0 aliphatic rings. The summed E-state index contributed by atoms with van der Waals surface area (Å²) in [6.07, 6.45) is 0. The molecule has 1 N–H and O–H groups in total. The van der Waals surface area contributed by atoms with Crippen LogP contribution >= 0.6 is 0 Å². The Kier molecular flexibility index (Phi) is 4.49. The number of aliphatic hydroxyl groups excluding tert-OH is 1. The molecule has 1 rings (SSSR count). The minimum absolute atomic E-state index is 0.0882. The Morgan fingerprint density at radius 1 is 1.53 bits per heavy atom. The molecule has 1 aromatic rings. The zero-order valence-corrected chi connectivity index (χ0v) is 9.69. The fraction of sp³-hybridized carbons (Fsp3) is 0.333. The summed E-state index contributed by atoms with van der Waals surface area (Å²) in [6, 6.07) is 4.87. The lowest BCUT2D eigenvalue weighted by molar-refractivity contribution is 0.0525. The van der Waals surface area contributed by atoms with Gasteiger partial charge in [-0.15, -0.1) is 0 Å². The van der Waals surface area contributed by atoms with Crippen LogP contribution in [0.5, 0.6) is 5.75 Å². The van der Waals surface area contributed by atoms with Crippen LogP contribution in [0.2, 0.25) is 0 Å². The fourth-order valence-corrected chi connectivity index (χ4v) is 1.48. The van der Waals surface area contributed by atoms with E-state index in [1.807, 2.05) is 6.07 Å². The monoisotopic (exact) mass is 235 g/mol. The van der Waals surface area contributed by atoms with Gasteiger partial charge in [0.1, 0.15) is 11.8 Å². The van der Waals surface area contributed by atoms with Crippen molar-refractivity contribution in [3.05, 3.63) is 28.8 Å². The van der Waals surface area contributed by atoms with Crippen molar-refractivity contribution in [2.45, 2.75) is 13.5 Å². The van der Waals surface area contributed by atoms with Crippen molar-refractivity contribution >= 4 is 5.97 Å². The molecular weight excluding hydrogens is 222 g/mol. The minimum atomic E-state index is -0.582. The van der Waals surface area contributed by atoms with Gasteiger partial charge in [0.15, 0.2) is 0 Å². The molecule has 17 heavy (non-hydrogen) atoms. The number of carbonyl (C=O) groups excluding carboxylic acids is 1. The Balaban J connectivity index is 3.34. The molecule has 0 radical (unpaired) electrons. The first kappa shape index (κ1) is 13.0. The molecule has 0 spiro atoms. The zero-order valence-electron chi connectivity index (χ0n) is 9.69. The second-order valence-electron chi connectivity index (χ2n) is 3.16. The molecule has 0 heterocycles. The molecule has 5 heteroatoms. The Morgan fingerprint density at radius 2 is 2.24 bits per heavy atom. The number of benzene rings is 1. The number of methoxy groups -OCH3 is 1. The number of hydrogen-bond donors (Lipinski definition) is 1. The quantitative estimate of drug-likeness (QED) is 0.794. The first-order chi connectivity index (χ1) is 8.19. The molecule has 0 amide bonds. The molecule has 0 aliphatic carbocycles. The summed E-state index contributed by atoms with van der Waals surface area (Å²) in [4.78, 5) is 11.6. The van der Waals surface area contributed by atoms with Gasteiger partial charge in [-0.2, -0.15) is 5.26 Å². The Hall–Kier alpha value is -2.06. The van der Waals surface area contributed by atoms with Crippen LogP contribution in [0.1, 0.15) is 28.4 Å². The molecule has 0 aliphatic heterocycles. The van der Waals surface area contributed by atoms with Crippen molar-refractivity contribution < 1.29 is 19.4 Å². The highest BCUT2D eigenvalue weighted by Gasteiger charge is 2.18. The van der Waals surface area contributed by atoms with E-state index in [2.05, 4.69) is 0 Å². The Morgan fingerprint density at radius 3 is 2.71 bits per heavy atom. The Bertz CT molecular complexity index is 462. The second kappa shape index (κ2) is 5.87. The van der Waals surface area contributed by atoms with Crippen molar-refractivity contribution in [2.24, 2.45) is 0 Å². The van der Waals surface area contributed by atoms with Gasteiger partial charge >= 0.3 is 5.97 Å². The summed E-state index contributed by atoms with van der Waals surface area (Å²) in [5, 5.41) is 18.3. The molecule has 0 saturated carbocycles. The molecule has 0 unspecified atom stereocenters. The van der Waals surface area contributed by atoms with E-state index in [9.17, 15) is 9.90 Å². The number of nitriles is 1. The largest absolute Gasteiger partial charge is 0.496 e. The molecule has 90 valence electrons. The topological polar surface area (TPSA) is 79.6 Å². The standard InChI is InChI=1S/C12H13NO4/c1-3-17-12(15)8-4-5-11(16-2)10(7-14)9(8)6-13/h4-5,14H,3,7H2,1-2H3. The van der Waals surface area contributed by atoms with Gasteiger partial charge in [0.25, 0.3) is 0 Å². The van der Waals surface area contributed by atoms with E-state index >= 15 is 0 Å². The number of carbonyl (C=O) groups is 1. The minimum Gasteiger partial charge on any atom is -0.496 e. The number of nitrogens with zero attached hydrogens (tertiary/aromatic N) is 1. The fourth-order valence-electron chi connectivity index (χ4n) is 1.48. The van der Waals surface area contributed by atoms with E-state index in [0.29, 0.717) is 11.3 Å². The van der Waals surface area contributed by atoms with Gasteiger partial charge in [0.05, 0.1) is 31.5 Å². The smallest absolute Gasteiger partial charge is 0.339 e. The van der Waals surface area contributed by atoms with Crippen LogP contribution in [-0.2, 0) is 11.3 Å². The summed E-state index contributed by atoms with van der Waals surface area (Å²) in [5.41, 5.74) is 0.519. The first-order valence-corrected chi connectivity index (χ1v) is 5.07. The lowest BCUT2D eigenvalue weighted by Crippen LogP contribution is -2.09. The van der Waals surface area contributed by atoms with Crippen molar-refractivity contribution in [1.82, 2.24) is 0 Å². The van der Waals surface area contributed by atoms with Crippen LogP contribution in [0, 0.1) is 11.3 Å². The van der Waals surface area contributed by atoms with Gasteiger partial charge in [-0.1, -0.05) is 0 Å². The van der Waals surface area contributed by atoms with Gasteiger partial charge in [-0.25, -0.2) is 4.79 Å². The molecule has 5 nitrogen and oxygen atoms in total. The third-order valence-electron chi connectivity index (χ3n) is 2.26. The third kappa shape index (κ3) is 2.55. The van der Waals surface area contributed by atoms with Gasteiger partial charge in [-0.05, 0) is 19.1 Å². The highest BCUT2D eigenvalue weighted by Crippen LogP contribution is 2.25. The predicted octanol–water partition coefficient (Wildman–Crippen LogP) is 1.24. The molecular formula is C12H13NO4. The lowest BCUT2D eigenvalue weighted by atomic mass is 10.0. The van der Waals surface area contributed by atoms with Crippen LogP contribution in [0.15, 0.2) is 12.1 Å². The SMILES string of the molecule is CCOC(=O)c1ccc(OC)c(CO)c1C#N. The van der Waals surface area contributed by atoms with Crippen LogP contribution in [-0.4, -0.2) is 24.8 Å². The number of hydrogen-bond acceptors (Lipinski definition) is 5. The maximum absolute atomic E-state index is 11.6. The Labute approximate surface area is 99.2 Å². The summed E-state index contributed by atoms with van der Waals surface area (Å²) in [6.45, 7) is 1.53. The first-order valence-electron chi connectivity index (χ1n) is 5.07. The third-order valence-corrected chi connectivity index (χ3v) is 2.26.